The van der Waals surface area contributed by atoms with E-state index in [4.69, 9.17) is 16.7 Å². The molecule has 1 aromatic carbocycles. The van der Waals surface area contributed by atoms with Crippen molar-refractivity contribution in [2.45, 2.75) is 25.7 Å². The fraction of sp³-hybridized carbons (Fsp3) is 0.286. The molecule has 1 aliphatic carbocycles. The van der Waals surface area contributed by atoms with Crippen LogP contribution < -0.4 is 0 Å². The van der Waals surface area contributed by atoms with Gasteiger partial charge in [0, 0.05) is 16.1 Å². The Hall–Kier alpha value is -1.61. The number of hydrogen-bond acceptors (Lipinski definition) is 2. The van der Waals surface area contributed by atoms with Gasteiger partial charge in [-0.3, -0.25) is 9.78 Å². The zero-order chi connectivity index (χ0) is 12.7. The number of carboxylic acid groups (broad SMARTS) is 1. The minimum Gasteiger partial charge on any atom is -0.481 e. The van der Waals surface area contributed by atoms with E-state index in [9.17, 15) is 4.79 Å². The fourth-order valence-electron chi connectivity index (χ4n) is 2.68. The van der Waals surface area contributed by atoms with Gasteiger partial charge in [-0.05, 0) is 48.6 Å². The van der Waals surface area contributed by atoms with Crippen LogP contribution in [0.2, 0.25) is 5.02 Å². The molecule has 1 aliphatic rings. The molecule has 2 aromatic rings. The maximum atomic E-state index is 11.0. The summed E-state index contributed by atoms with van der Waals surface area (Å²) in [4.78, 5) is 15.7. The Balaban J connectivity index is 2.32. The lowest BCUT2D eigenvalue weighted by molar-refractivity contribution is -0.136. The molecule has 0 atom stereocenters. The molecule has 0 unspecified atom stereocenters. The van der Waals surface area contributed by atoms with Crippen molar-refractivity contribution in [3.05, 3.63) is 40.0 Å². The van der Waals surface area contributed by atoms with E-state index in [0.717, 1.165) is 47.0 Å². The number of rotatable bonds is 2. The van der Waals surface area contributed by atoms with Gasteiger partial charge in [0.05, 0.1) is 11.9 Å². The first-order valence-electron chi connectivity index (χ1n) is 5.97. The summed E-state index contributed by atoms with van der Waals surface area (Å²) in [7, 11) is 0. The van der Waals surface area contributed by atoms with Crippen molar-refractivity contribution in [3.8, 4) is 0 Å². The number of nitrogens with zero attached hydrogens (tertiary/aromatic N) is 1. The summed E-state index contributed by atoms with van der Waals surface area (Å²) in [5, 5.41) is 10.6. The van der Waals surface area contributed by atoms with Gasteiger partial charge in [-0.15, -0.1) is 0 Å². The average Bonchev–Trinajstić information content (AvgIpc) is 2.77. The van der Waals surface area contributed by atoms with Crippen LogP contribution in [0.1, 0.15) is 23.2 Å². The number of aliphatic carboxylic acids is 1. The molecule has 1 N–H and O–H groups in total. The van der Waals surface area contributed by atoms with Crippen LogP contribution in [0, 0.1) is 0 Å². The highest BCUT2D eigenvalue weighted by Crippen LogP contribution is 2.31. The SMILES string of the molecule is O=C(O)Cc1c2c(nc3ccc(Cl)cc13)CCC2. The van der Waals surface area contributed by atoms with Gasteiger partial charge in [-0.25, -0.2) is 0 Å². The number of carbonyl (C=O) groups is 1. The molecular formula is C14H12ClNO2. The fourth-order valence-corrected chi connectivity index (χ4v) is 2.86. The Morgan fingerprint density at radius 3 is 3.00 bits per heavy atom. The van der Waals surface area contributed by atoms with Gasteiger partial charge < -0.3 is 5.11 Å². The lowest BCUT2D eigenvalue weighted by atomic mass is 9.99. The van der Waals surface area contributed by atoms with Gasteiger partial charge in [-0.2, -0.15) is 0 Å². The van der Waals surface area contributed by atoms with E-state index < -0.39 is 5.97 Å². The highest BCUT2D eigenvalue weighted by Gasteiger charge is 2.20. The summed E-state index contributed by atoms with van der Waals surface area (Å²) >= 11 is 6.00. The number of aromatic nitrogens is 1. The van der Waals surface area contributed by atoms with Crippen LogP contribution >= 0.6 is 11.6 Å². The van der Waals surface area contributed by atoms with Gasteiger partial charge in [0.1, 0.15) is 0 Å². The molecule has 0 radical (unpaired) electrons. The Kier molecular flexibility index (Phi) is 2.71. The van der Waals surface area contributed by atoms with Crippen LogP contribution in [-0.4, -0.2) is 16.1 Å². The van der Waals surface area contributed by atoms with E-state index in [1.54, 1.807) is 6.07 Å². The third-order valence-corrected chi connectivity index (χ3v) is 3.66. The average molecular weight is 262 g/mol. The quantitative estimate of drug-likeness (QED) is 0.904. The first-order valence-corrected chi connectivity index (χ1v) is 6.34. The van der Waals surface area contributed by atoms with Crippen molar-refractivity contribution in [1.82, 2.24) is 4.98 Å². The largest absolute Gasteiger partial charge is 0.481 e. The zero-order valence-electron chi connectivity index (χ0n) is 9.74. The van der Waals surface area contributed by atoms with E-state index in [2.05, 4.69) is 4.98 Å². The Bertz CT molecular complexity index is 652. The summed E-state index contributed by atoms with van der Waals surface area (Å²) in [6, 6.07) is 5.48. The van der Waals surface area contributed by atoms with Gasteiger partial charge >= 0.3 is 5.97 Å². The Labute approximate surface area is 109 Å². The van der Waals surface area contributed by atoms with E-state index in [0.29, 0.717) is 5.02 Å². The lowest BCUT2D eigenvalue weighted by Gasteiger charge is -2.11. The van der Waals surface area contributed by atoms with Crippen molar-refractivity contribution in [3.63, 3.8) is 0 Å². The van der Waals surface area contributed by atoms with Crippen LogP contribution in [0.3, 0.4) is 0 Å². The minimum atomic E-state index is -0.809. The number of aryl methyl sites for hydroxylation is 1. The predicted octanol–water partition coefficient (Wildman–Crippen LogP) is 3.00. The van der Waals surface area contributed by atoms with Gasteiger partial charge in [0.2, 0.25) is 0 Å². The summed E-state index contributed by atoms with van der Waals surface area (Å²) in [6.45, 7) is 0. The van der Waals surface area contributed by atoms with Gasteiger partial charge in [0.15, 0.2) is 0 Å². The van der Waals surface area contributed by atoms with Gasteiger partial charge in [0.25, 0.3) is 0 Å². The molecule has 0 amide bonds. The Morgan fingerprint density at radius 2 is 2.22 bits per heavy atom. The molecule has 1 heterocycles. The van der Waals surface area contributed by atoms with Crippen LogP contribution in [-0.2, 0) is 24.1 Å². The highest BCUT2D eigenvalue weighted by atomic mass is 35.5. The molecule has 0 aliphatic heterocycles. The van der Waals surface area contributed by atoms with Crippen molar-refractivity contribution >= 4 is 28.5 Å². The smallest absolute Gasteiger partial charge is 0.307 e. The van der Waals surface area contributed by atoms with E-state index >= 15 is 0 Å². The third-order valence-electron chi connectivity index (χ3n) is 3.42. The molecule has 0 saturated carbocycles. The normalized spacial score (nSPS) is 13.8. The maximum absolute atomic E-state index is 11.0. The second-order valence-electron chi connectivity index (χ2n) is 4.60. The summed E-state index contributed by atoms with van der Waals surface area (Å²) < 4.78 is 0. The van der Waals surface area contributed by atoms with Crippen LogP contribution in [0.15, 0.2) is 18.2 Å². The number of benzene rings is 1. The first kappa shape index (κ1) is 11.5. The Morgan fingerprint density at radius 1 is 1.39 bits per heavy atom. The molecule has 0 saturated heterocycles. The molecule has 0 fully saturated rings. The summed E-state index contributed by atoms with van der Waals surface area (Å²) in [5.74, 6) is -0.809. The van der Waals surface area contributed by atoms with E-state index in [1.165, 1.54) is 0 Å². The molecule has 1 aromatic heterocycles. The predicted molar refractivity (Wildman–Crippen MR) is 70.1 cm³/mol. The second kappa shape index (κ2) is 4.25. The second-order valence-corrected chi connectivity index (χ2v) is 5.04. The number of pyridine rings is 1. The number of halogens is 1. The molecule has 0 spiro atoms. The number of hydrogen-bond donors (Lipinski definition) is 1. The molecular weight excluding hydrogens is 250 g/mol. The highest BCUT2D eigenvalue weighted by molar-refractivity contribution is 6.31. The molecule has 3 nitrogen and oxygen atoms in total. The number of fused-ring (bicyclic) bond motifs is 2. The minimum absolute atomic E-state index is 0.0433. The van der Waals surface area contributed by atoms with Crippen LogP contribution in [0.5, 0.6) is 0 Å². The monoisotopic (exact) mass is 261 g/mol. The summed E-state index contributed by atoms with van der Waals surface area (Å²) in [6.07, 6.45) is 2.97. The van der Waals surface area contributed by atoms with Crippen molar-refractivity contribution in [2.24, 2.45) is 0 Å². The topological polar surface area (TPSA) is 50.2 Å². The standard InChI is InChI=1S/C14H12ClNO2/c15-8-4-5-13-11(6-8)10(7-14(17)18)9-2-1-3-12(9)16-13/h4-6H,1-3,7H2,(H,17,18). The van der Waals surface area contributed by atoms with E-state index in [-0.39, 0.29) is 6.42 Å². The third kappa shape index (κ3) is 1.85. The van der Waals surface area contributed by atoms with Gasteiger partial charge in [-0.1, -0.05) is 11.6 Å². The molecule has 92 valence electrons. The van der Waals surface area contributed by atoms with Crippen LogP contribution in [0.25, 0.3) is 10.9 Å². The zero-order valence-corrected chi connectivity index (χ0v) is 10.5. The maximum Gasteiger partial charge on any atom is 0.307 e. The van der Waals surface area contributed by atoms with E-state index in [1.807, 2.05) is 12.1 Å². The van der Waals surface area contributed by atoms with Crippen molar-refractivity contribution < 1.29 is 9.90 Å². The number of carboxylic acids is 1. The van der Waals surface area contributed by atoms with Crippen molar-refractivity contribution in [1.29, 1.82) is 0 Å². The first-order chi connectivity index (χ1) is 8.65. The molecule has 3 rings (SSSR count). The van der Waals surface area contributed by atoms with Crippen LogP contribution in [0.4, 0.5) is 0 Å². The molecule has 18 heavy (non-hydrogen) atoms. The summed E-state index contributed by atoms with van der Waals surface area (Å²) in [5.41, 5.74) is 3.91. The molecule has 0 bridgehead atoms. The molecule has 4 heteroatoms. The van der Waals surface area contributed by atoms with Crippen molar-refractivity contribution in [2.75, 3.05) is 0 Å². The lowest BCUT2D eigenvalue weighted by Crippen LogP contribution is -2.06.